The van der Waals surface area contributed by atoms with Gasteiger partial charge in [0.25, 0.3) is 5.91 Å². The average Bonchev–Trinajstić information content (AvgIpc) is 2.94. The molecule has 0 atom stereocenters. The predicted molar refractivity (Wildman–Crippen MR) is 87.7 cm³/mol. The molecule has 0 unspecified atom stereocenters. The molecule has 1 heterocycles. The highest BCUT2D eigenvalue weighted by Crippen LogP contribution is 2.29. The number of rotatable bonds is 6. The number of carbonyl (C=O) groups is 2. The largest absolute Gasteiger partial charge is 0.447 e. The number of hydrogen-bond acceptors (Lipinski definition) is 4. The van der Waals surface area contributed by atoms with Gasteiger partial charge in [0.1, 0.15) is 6.61 Å². The molecule has 0 aromatic heterocycles. The highest BCUT2D eigenvalue weighted by molar-refractivity contribution is 8.04. The Morgan fingerprint density at radius 2 is 2.09 bits per heavy atom. The van der Waals surface area contributed by atoms with Gasteiger partial charge < -0.3 is 4.74 Å². The van der Waals surface area contributed by atoms with E-state index in [-0.39, 0.29) is 12.5 Å². The second kappa shape index (κ2) is 8.03. The Labute approximate surface area is 135 Å². The summed E-state index contributed by atoms with van der Waals surface area (Å²) in [5, 5.41) is 0. The van der Waals surface area contributed by atoms with E-state index in [0.29, 0.717) is 11.4 Å². The molecule has 22 heavy (non-hydrogen) atoms. The molecule has 1 fully saturated rings. The second-order valence-electron chi connectivity index (χ2n) is 5.20. The number of amides is 2. The number of benzene rings is 1. The molecular weight excluding hydrogens is 298 g/mol. The third kappa shape index (κ3) is 4.37. The lowest BCUT2D eigenvalue weighted by atomic mass is 10.2. The zero-order valence-electron chi connectivity index (χ0n) is 13.0. The zero-order valence-corrected chi connectivity index (χ0v) is 13.8. The van der Waals surface area contributed by atoms with Gasteiger partial charge in [-0.15, -0.1) is 0 Å². The van der Waals surface area contributed by atoms with E-state index in [0.717, 1.165) is 24.2 Å². The van der Waals surface area contributed by atoms with Gasteiger partial charge in [-0.25, -0.2) is 9.69 Å². The minimum Gasteiger partial charge on any atom is -0.447 e. The summed E-state index contributed by atoms with van der Waals surface area (Å²) < 4.78 is 4.86. The number of aryl methyl sites for hydroxylation is 1. The van der Waals surface area contributed by atoms with Crippen molar-refractivity contribution in [2.75, 3.05) is 13.2 Å². The molecular formula is C17H21NO3S. The third-order valence-electron chi connectivity index (χ3n) is 3.35. The van der Waals surface area contributed by atoms with Gasteiger partial charge in [-0.1, -0.05) is 55.3 Å². The maximum atomic E-state index is 12.6. The number of thioether (sulfide) groups is 1. The smallest absolute Gasteiger partial charge is 0.416 e. The van der Waals surface area contributed by atoms with Crippen molar-refractivity contribution in [3.05, 3.63) is 40.8 Å². The van der Waals surface area contributed by atoms with Crippen LogP contribution in [0, 0.1) is 6.92 Å². The van der Waals surface area contributed by atoms with E-state index < -0.39 is 6.09 Å². The fourth-order valence-electron chi connectivity index (χ4n) is 2.05. The highest BCUT2D eigenvalue weighted by atomic mass is 32.2. The van der Waals surface area contributed by atoms with E-state index in [2.05, 4.69) is 6.92 Å². The molecule has 5 heteroatoms. The van der Waals surface area contributed by atoms with Crippen molar-refractivity contribution in [2.45, 2.75) is 38.0 Å². The molecule has 0 radical (unpaired) electrons. The third-order valence-corrected chi connectivity index (χ3v) is 4.42. The molecule has 2 amide bonds. The van der Waals surface area contributed by atoms with Crippen molar-refractivity contribution in [3.63, 3.8) is 0 Å². The Hall–Kier alpha value is -1.75. The van der Waals surface area contributed by atoms with Crippen molar-refractivity contribution in [3.8, 4) is 0 Å². The normalized spacial score (nSPS) is 15.1. The monoisotopic (exact) mass is 319 g/mol. The van der Waals surface area contributed by atoms with Gasteiger partial charge >= 0.3 is 6.09 Å². The molecule has 1 aliphatic rings. The summed E-state index contributed by atoms with van der Waals surface area (Å²) in [6.45, 7) is 4.75. The van der Waals surface area contributed by atoms with Crippen molar-refractivity contribution in [1.29, 1.82) is 0 Å². The number of ether oxygens (including phenoxy) is 1. The van der Waals surface area contributed by atoms with Gasteiger partial charge in [0, 0.05) is 4.90 Å². The number of allylic oxidation sites excluding steroid dienone is 1. The minimum atomic E-state index is -0.545. The van der Waals surface area contributed by atoms with Crippen LogP contribution in [0.3, 0.4) is 0 Å². The van der Waals surface area contributed by atoms with Crippen LogP contribution in [0.2, 0.25) is 0 Å². The number of carbonyl (C=O) groups excluding carboxylic acids is 2. The fraction of sp³-hybridized carbons (Fsp3) is 0.412. The quantitative estimate of drug-likeness (QED) is 0.449. The molecule has 0 N–H and O–H groups in total. The summed E-state index contributed by atoms with van der Waals surface area (Å²) in [5.41, 5.74) is 1.18. The number of cyclic esters (lactones) is 1. The van der Waals surface area contributed by atoms with Crippen molar-refractivity contribution >= 4 is 23.8 Å². The van der Waals surface area contributed by atoms with Gasteiger partial charge in [-0.2, -0.15) is 0 Å². The Morgan fingerprint density at radius 3 is 2.68 bits per heavy atom. The topological polar surface area (TPSA) is 46.6 Å². The van der Waals surface area contributed by atoms with E-state index in [9.17, 15) is 9.59 Å². The first kappa shape index (κ1) is 16.6. The minimum absolute atomic E-state index is 0.260. The molecule has 2 rings (SSSR count). The van der Waals surface area contributed by atoms with Crippen LogP contribution in [0.25, 0.3) is 0 Å². The van der Waals surface area contributed by atoms with E-state index in [1.807, 2.05) is 37.3 Å². The molecule has 1 saturated heterocycles. The first-order valence-corrected chi connectivity index (χ1v) is 8.36. The lowest BCUT2D eigenvalue weighted by Crippen LogP contribution is -2.32. The molecule has 0 bridgehead atoms. The summed E-state index contributed by atoms with van der Waals surface area (Å²) in [5.74, 6) is -0.260. The SMILES string of the molecule is CCCC/C=C(/Sc1ccc(C)cc1)C(=O)N1CCOC1=O. The van der Waals surface area contributed by atoms with E-state index in [1.165, 1.54) is 22.2 Å². The first-order chi connectivity index (χ1) is 10.6. The van der Waals surface area contributed by atoms with Crippen LogP contribution in [-0.4, -0.2) is 30.1 Å². The molecule has 1 aliphatic heterocycles. The van der Waals surface area contributed by atoms with Gasteiger partial charge in [0.05, 0.1) is 11.4 Å². The summed E-state index contributed by atoms with van der Waals surface area (Å²) in [6, 6.07) is 8.01. The maximum absolute atomic E-state index is 12.6. The summed E-state index contributed by atoms with van der Waals surface area (Å²) >= 11 is 1.41. The summed E-state index contributed by atoms with van der Waals surface area (Å²) in [7, 11) is 0. The van der Waals surface area contributed by atoms with E-state index >= 15 is 0 Å². The molecule has 0 saturated carbocycles. The highest BCUT2D eigenvalue weighted by Gasteiger charge is 2.30. The lowest BCUT2D eigenvalue weighted by Gasteiger charge is -2.13. The molecule has 0 aliphatic carbocycles. The van der Waals surface area contributed by atoms with Crippen LogP contribution in [0.5, 0.6) is 0 Å². The predicted octanol–water partition coefficient (Wildman–Crippen LogP) is 4.14. The molecule has 0 spiro atoms. The number of imide groups is 1. The van der Waals surface area contributed by atoms with E-state index in [1.54, 1.807) is 0 Å². The molecule has 4 nitrogen and oxygen atoms in total. The van der Waals surface area contributed by atoms with Crippen molar-refractivity contribution in [1.82, 2.24) is 4.90 Å². The maximum Gasteiger partial charge on any atom is 0.416 e. The lowest BCUT2D eigenvalue weighted by molar-refractivity contribution is -0.123. The van der Waals surface area contributed by atoms with Crippen LogP contribution in [0.1, 0.15) is 31.7 Å². The van der Waals surface area contributed by atoms with Gasteiger partial charge in [-0.05, 0) is 25.5 Å². The Bertz CT molecular complexity index is 566. The number of nitrogens with zero attached hydrogens (tertiary/aromatic N) is 1. The van der Waals surface area contributed by atoms with Crippen LogP contribution in [0.4, 0.5) is 4.79 Å². The number of hydrogen-bond donors (Lipinski definition) is 0. The summed E-state index contributed by atoms with van der Waals surface area (Å²) in [6.07, 6.45) is 4.31. The van der Waals surface area contributed by atoms with Crippen molar-refractivity contribution < 1.29 is 14.3 Å². The standard InChI is InChI=1S/C17H21NO3S/c1-3-4-5-6-15(16(19)18-11-12-21-17(18)20)22-14-9-7-13(2)8-10-14/h6-10H,3-5,11-12H2,1-2H3/b15-6+. The van der Waals surface area contributed by atoms with Crippen LogP contribution < -0.4 is 0 Å². The second-order valence-corrected chi connectivity index (χ2v) is 6.31. The fourth-order valence-corrected chi connectivity index (χ4v) is 2.98. The van der Waals surface area contributed by atoms with Crippen LogP contribution >= 0.6 is 11.8 Å². The Kier molecular flexibility index (Phi) is 6.07. The Balaban J connectivity index is 2.14. The summed E-state index contributed by atoms with van der Waals surface area (Å²) in [4.78, 5) is 26.9. The van der Waals surface area contributed by atoms with Gasteiger partial charge in [0.15, 0.2) is 0 Å². The van der Waals surface area contributed by atoms with Crippen LogP contribution in [-0.2, 0) is 9.53 Å². The van der Waals surface area contributed by atoms with Gasteiger partial charge in [0.2, 0.25) is 0 Å². The first-order valence-electron chi connectivity index (χ1n) is 7.55. The molecule has 118 valence electrons. The molecule has 1 aromatic carbocycles. The zero-order chi connectivity index (χ0) is 15.9. The number of unbranched alkanes of at least 4 members (excludes halogenated alkanes) is 2. The average molecular weight is 319 g/mol. The van der Waals surface area contributed by atoms with Crippen molar-refractivity contribution in [2.24, 2.45) is 0 Å². The van der Waals surface area contributed by atoms with Crippen LogP contribution in [0.15, 0.2) is 40.1 Å². The van der Waals surface area contributed by atoms with Gasteiger partial charge in [-0.3, -0.25) is 4.79 Å². The molecule has 1 aromatic rings. The Morgan fingerprint density at radius 1 is 1.36 bits per heavy atom. The van der Waals surface area contributed by atoms with E-state index in [4.69, 9.17) is 4.74 Å².